The molecule has 1 heteroatoms. The van der Waals surface area contributed by atoms with Crippen molar-refractivity contribution in [2.45, 2.75) is 59.3 Å². The zero-order valence-electron chi connectivity index (χ0n) is 11.2. The van der Waals surface area contributed by atoms with Gasteiger partial charge in [0.15, 0.2) is 0 Å². The average Bonchev–Trinajstić information content (AvgIpc) is 2.29. The molecule has 0 saturated carbocycles. The minimum atomic E-state index is 0.434. The zero-order valence-corrected chi connectivity index (χ0v) is 11.2. The van der Waals surface area contributed by atoms with Crippen molar-refractivity contribution < 1.29 is 5.11 Å². The van der Waals surface area contributed by atoms with Gasteiger partial charge in [-0.1, -0.05) is 33.8 Å². The summed E-state index contributed by atoms with van der Waals surface area (Å²) in [6.45, 7) is 11.0. The summed E-state index contributed by atoms with van der Waals surface area (Å²) < 4.78 is 0. The van der Waals surface area contributed by atoms with E-state index in [-0.39, 0.29) is 0 Å². The Balaban J connectivity index is 3.36. The van der Waals surface area contributed by atoms with Gasteiger partial charge in [-0.15, -0.1) is 0 Å². The Hall–Kier alpha value is -0.980. The Kier molecular flexibility index (Phi) is 4.40. The Morgan fingerprint density at radius 3 is 2.00 bits per heavy atom. The van der Waals surface area contributed by atoms with Crippen LogP contribution in [0.25, 0.3) is 0 Å². The minimum Gasteiger partial charge on any atom is -0.508 e. The van der Waals surface area contributed by atoms with Gasteiger partial charge in [0, 0.05) is 5.56 Å². The van der Waals surface area contributed by atoms with Gasteiger partial charge in [-0.25, -0.2) is 0 Å². The monoisotopic (exact) mass is 220 g/mol. The molecule has 2 unspecified atom stereocenters. The van der Waals surface area contributed by atoms with E-state index in [1.807, 2.05) is 12.1 Å². The number of aryl methyl sites for hydroxylation is 1. The minimum absolute atomic E-state index is 0.434. The number of hydrogen-bond acceptors (Lipinski definition) is 1. The SMILES string of the molecule is CCC(C)c1c(C)ccc(O)c1C(C)CC. The second-order valence-electron chi connectivity index (χ2n) is 4.85. The third kappa shape index (κ3) is 2.40. The molecule has 0 aromatic heterocycles. The molecule has 0 spiro atoms. The van der Waals surface area contributed by atoms with E-state index in [1.54, 1.807) is 0 Å². The average molecular weight is 220 g/mol. The highest BCUT2D eigenvalue weighted by Crippen LogP contribution is 2.37. The Morgan fingerprint density at radius 1 is 1.00 bits per heavy atom. The summed E-state index contributed by atoms with van der Waals surface area (Å²) >= 11 is 0. The van der Waals surface area contributed by atoms with E-state index in [1.165, 1.54) is 11.1 Å². The van der Waals surface area contributed by atoms with Crippen LogP contribution >= 0.6 is 0 Å². The van der Waals surface area contributed by atoms with E-state index >= 15 is 0 Å². The lowest BCUT2D eigenvalue weighted by Gasteiger charge is -2.22. The number of rotatable bonds is 4. The highest BCUT2D eigenvalue weighted by atomic mass is 16.3. The van der Waals surface area contributed by atoms with Crippen molar-refractivity contribution in [1.82, 2.24) is 0 Å². The summed E-state index contributed by atoms with van der Waals surface area (Å²) in [4.78, 5) is 0. The third-order valence-electron chi connectivity index (χ3n) is 3.69. The summed E-state index contributed by atoms with van der Waals surface area (Å²) in [6.07, 6.45) is 2.19. The van der Waals surface area contributed by atoms with Crippen molar-refractivity contribution in [3.05, 3.63) is 28.8 Å². The molecule has 1 aromatic carbocycles. The first-order valence-electron chi connectivity index (χ1n) is 6.35. The van der Waals surface area contributed by atoms with Crippen LogP contribution in [0.2, 0.25) is 0 Å². The van der Waals surface area contributed by atoms with E-state index in [9.17, 15) is 5.11 Å². The molecule has 0 saturated heterocycles. The lowest BCUT2D eigenvalue weighted by molar-refractivity contribution is 0.458. The summed E-state index contributed by atoms with van der Waals surface area (Å²) in [7, 11) is 0. The molecule has 0 radical (unpaired) electrons. The summed E-state index contributed by atoms with van der Waals surface area (Å²) in [6, 6.07) is 3.87. The molecule has 90 valence electrons. The van der Waals surface area contributed by atoms with Gasteiger partial charge < -0.3 is 5.11 Å². The standard InChI is InChI=1S/C15H24O/c1-6-10(3)14-12(5)8-9-13(16)15(14)11(4)7-2/h8-11,16H,6-7H2,1-5H3. The molecule has 0 aliphatic heterocycles. The van der Waals surface area contributed by atoms with Crippen LogP contribution in [0.5, 0.6) is 5.75 Å². The topological polar surface area (TPSA) is 20.2 Å². The largest absolute Gasteiger partial charge is 0.508 e. The lowest BCUT2D eigenvalue weighted by atomic mass is 9.83. The van der Waals surface area contributed by atoms with Gasteiger partial charge in [0.25, 0.3) is 0 Å². The number of aromatic hydroxyl groups is 1. The van der Waals surface area contributed by atoms with E-state index in [2.05, 4.69) is 34.6 Å². The Labute approximate surface area is 99.5 Å². The maximum atomic E-state index is 10.1. The van der Waals surface area contributed by atoms with Crippen LogP contribution in [0.4, 0.5) is 0 Å². The smallest absolute Gasteiger partial charge is 0.119 e. The van der Waals surface area contributed by atoms with Crippen molar-refractivity contribution in [3.8, 4) is 5.75 Å². The number of benzene rings is 1. The van der Waals surface area contributed by atoms with Gasteiger partial charge in [0.1, 0.15) is 5.75 Å². The summed E-state index contributed by atoms with van der Waals surface area (Å²) in [5.41, 5.74) is 3.83. The highest BCUT2D eigenvalue weighted by Gasteiger charge is 2.19. The normalized spacial score (nSPS) is 14.8. The van der Waals surface area contributed by atoms with Gasteiger partial charge in [0.05, 0.1) is 0 Å². The van der Waals surface area contributed by atoms with Crippen LogP contribution in [0, 0.1) is 6.92 Å². The van der Waals surface area contributed by atoms with Crippen molar-refractivity contribution in [2.75, 3.05) is 0 Å². The summed E-state index contributed by atoms with van der Waals surface area (Å²) in [5.74, 6) is 1.43. The third-order valence-corrected chi connectivity index (χ3v) is 3.69. The number of hydrogen-bond donors (Lipinski definition) is 1. The van der Waals surface area contributed by atoms with Crippen LogP contribution in [0.1, 0.15) is 69.1 Å². The molecule has 2 atom stereocenters. The Bertz CT molecular complexity index is 320. The fourth-order valence-electron chi connectivity index (χ4n) is 2.31. The fourth-order valence-corrected chi connectivity index (χ4v) is 2.31. The molecule has 1 N–H and O–H groups in total. The van der Waals surface area contributed by atoms with E-state index in [0.717, 1.165) is 18.4 Å². The molecular weight excluding hydrogens is 196 g/mol. The molecule has 16 heavy (non-hydrogen) atoms. The quantitative estimate of drug-likeness (QED) is 0.778. The van der Waals surface area contributed by atoms with Crippen molar-refractivity contribution in [1.29, 1.82) is 0 Å². The second-order valence-corrected chi connectivity index (χ2v) is 4.85. The molecule has 1 rings (SSSR count). The first kappa shape index (κ1) is 13.1. The first-order valence-corrected chi connectivity index (χ1v) is 6.35. The second kappa shape index (κ2) is 5.38. The van der Waals surface area contributed by atoms with Crippen LogP contribution < -0.4 is 0 Å². The maximum Gasteiger partial charge on any atom is 0.119 e. The van der Waals surface area contributed by atoms with Crippen molar-refractivity contribution >= 4 is 0 Å². The fraction of sp³-hybridized carbons (Fsp3) is 0.600. The molecule has 0 heterocycles. The number of phenolic OH excluding ortho intramolecular Hbond substituents is 1. The zero-order chi connectivity index (χ0) is 12.3. The van der Waals surface area contributed by atoms with E-state index in [4.69, 9.17) is 0 Å². The predicted octanol–water partition coefficient (Wildman–Crippen LogP) is 4.73. The van der Waals surface area contributed by atoms with Gasteiger partial charge in [-0.2, -0.15) is 0 Å². The van der Waals surface area contributed by atoms with Crippen LogP contribution in [-0.4, -0.2) is 5.11 Å². The van der Waals surface area contributed by atoms with Gasteiger partial charge in [0.2, 0.25) is 0 Å². The van der Waals surface area contributed by atoms with E-state index in [0.29, 0.717) is 17.6 Å². The van der Waals surface area contributed by atoms with Crippen LogP contribution in [-0.2, 0) is 0 Å². The van der Waals surface area contributed by atoms with Crippen LogP contribution in [0.15, 0.2) is 12.1 Å². The first-order chi connectivity index (χ1) is 7.52. The maximum absolute atomic E-state index is 10.1. The highest BCUT2D eigenvalue weighted by molar-refractivity contribution is 5.47. The van der Waals surface area contributed by atoms with Gasteiger partial charge in [-0.05, 0) is 48.8 Å². The van der Waals surface area contributed by atoms with Crippen molar-refractivity contribution in [2.24, 2.45) is 0 Å². The van der Waals surface area contributed by atoms with Crippen molar-refractivity contribution in [3.63, 3.8) is 0 Å². The van der Waals surface area contributed by atoms with Crippen LogP contribution in [0.3, 0.4) is 0 Å². The molecule has 0 aliphatic rings. The Morgan fingerprint density at radius 2 is 1.50 bits per heavy atom. The summed E-state index contributed by atoms with van der Waals surface area (Å²) in [5, 5.41) is 10.1. The number of phenols is 1. The van der Waals surface area contributed by atoms with Gasteiger partial charge >= 0.3 is 0 Å². The lowest BCUT2D eigenvalue weighted by Crippen LogP contribution is -2.05. The molecule has 0 bridgehead atoms. The molecule has 0 amide bonds. The molecular formula is C15H24O. The molecule has 0 fully saturated rings. The molecule has 1 nitrogen and oxygen atoms in total. The van der Waals surface area contributed by atoms with E-state index < -0.39 is 0 Å². The van der Waals surface area contributed by atoms with Gasteiger partial charge in [-0.3, -0.25) is 0 Å². The predicted molar refractivity (Wildman–Crippen MR) is 70.3 cm³/mol. The molecule has 0 aliphatic carbocycles. The molecule has 1 aromatic rings.